The lowest BCUT2D eigenvalue weighted by atomic mass is 9.76. The first kappa shape index (κ1) is 35.5. The van der Waals surface area contributed by atoms with Crippen LogP contribution in [0.2, 0.25) is 0 Å². The van der Waals surface area contributed by atoms with Crippen LogP contribution in [-0.2, 0) is 0 Å². The predicted molar refractivity (Wildman–Crippen MR) is 249 cm³/mol. The molecule has 0 saturated carbocycles. The summed E-state index contributed by atoms with van der Waals surface area (Å²) in [4.78, 5) is 11.1. The molecule has 9 aromatic carbocycles. The Morgan fingerprint density at radius 1 is 0.242 bits per heavy atom. The molecule has 0 unspecified atom stereocenters. The minimum Gasteiger partial charge on any atom is -0.247 e. The van der Waals surface area contributed by atoms with E-state index in [1.54, 1.807) is 0 Å². The molecular weight excluding hydrogens is 755 g/mol. The van der Waals surface area contributed by atoms with Crippen LogP contribution in [-0.4, -0.2) is 15.4 Å². The number of aromatic nitrogens is 3. The van der Waals surface area contributed by atoms with Crippen molar-refractivity contribution in [2.75, 3.05) is 0 Å². The van der Waals surface area contributed by atoms with Gasteiger partial charge in [-0.25, -0.2) is 9.98 Å². The lowest BCUT2D eigenvalue weighted by Crippen LogP contribution is -2.06. The Balaban J connectivity index is 1.36. The van der Waals surface area contributed by atoms with Crippen molar-refractivity contribution >= 4 is 11.4 Å². The van der Waals surface area contributed by atoms with Gasteiger partial charge in [0.05, 0.1) is 22.1 Å². The molecular formula is C57H35N5. The summed E-state index contributed by atoms with van der Waals surface area (Å²) in [7, 11) is 0. The van der Waals surface area contributed by atoms with Gasteiger partial charge in [0.2, 0.25) is 0 Å². The molecule has 0 amide bonds. The zero-order chi connectivity index (χ0) is 41.0. The SMILES string of the molecule is c1ccc(-c2ccccc2-c2c(-c3ccccc3)c(-c3ccccc3)c3c(c2-c2nnnc(-c4ccccc4)c2-c2ccccc2)-c2c4c(ccc2=N3)=c2ccccc2=N4)cc1. The summed E-state index contributed by atoms with van der Waals surface area (Å²) in [6.07, 6.45) is 0. The highest BCUT2D eigenvalue weighted by Gasteiger charge is 2.36. The van der Waals surface area contributed by atoms with Crippen LogP contribution in [0.1, 0.15) is 0 Å². The van der Waals surface area contributed by atoms with Gasteiger partial charge in [0.1, 0.15) is 11.4 Å². The molecule has 10 aromatic rings. The molecule has 12 rings (SSSR count). The minimum atomic E-state index is 0.715. The Morgan fingerprint density at radius 3 is 1.40 bits per heavy atom. The van der Waals surface area contributed by atoms with Crippen molar-refractivity contribution in [2.24, 2.45) is 9.98 Å². The number of rotatable bonds is 7. The highest BCUT2D eigenvalue weighted by molar-refractivity contribution is 6.17. The maximum atomic E-state index is 5.68. The van der Waals surface area contributed by atoms with Crippen LogP contribution in [0.25, 0.3) is 89.3 Å². The molecule has 288 valence electrons. The van der Waals surface area contributed by atoms with Gasteiger partial charge >= 0.3 is 0 Å². The summed E-state index contributed by atoms with van der Waals surface area (Å²) in [6.45, 7) is 0. The summed E-state index contributed by atoms with van der Waals surface area (Å²) in [6, 6.07) is 74.4. The monoisotopic (exact) mass is 789 g/mol. The Kier molecular flexibility index (Phi) is 8.42. The summed E-state index contributed by atoms with van der Waals surface area (Å²) in [5.74, 6) is 0. The Hall–Kier alpha value is -8.41. The van der Waals surface area contributed by atoms with Gasteiger partial charge in [-0.2, -0.15) is 0 Å². The second-order valence-electron chi connectivity index (χ2n) is 15.6. The second kappa shape index (κ2) is 14.7. The molecule has 0 N–H and O–H groups in total. The van der Waals surface area contributed by atoms with Crippen LogP contribution in [0.3, 0.4) is 0 Å². The molecule has 0 atom stereocenters. The van der Waals surface area contributed by atoms with Gasteiger partial charge in [-0.1, -0.05) is 194 Å². The lowest BCUT2D eigenvalue weighted by Gasteiger charge is -2.27. The van der Waals surface area contributed by atoms with Gasteiger partial charge in [0, 0.05) is 54.9 Å². The number of fused-ring (bicyclic) bond motifs is 6. The molecule has 0 fully saturated rings. The molecule has 0 radical (unpaired) electrons. The molecule has 0 aliphatic carbocycles. The van der Waals surface area contributed by atoms with Gasteiger partial charge in [-0.15, -0.1) is 10.2 Å². The smallest absolute Gasteiger partial charge is 0.106 e. The molecule has 62 heavy (non-hydrogen) atoms. The van der Waals surface area contributed by atoms with E-state index in [0.717, 1.165) is 116 Å². The van der Waals surface area contributed by atoms with Crippen molar-refractivity contribution in [3.05, 3.63) is 233 Å². The fourth-order valence-corrected chi connectivity index (χ4v) is 9.42. The van der Waals surface area contributed by atoms with Crippen molar-refractivity contribution in [1.82, 2.24) is 15.4 Å². The van der Waals surface area contributed by atoms with Crippen molar-refractivity contribution < 1.29 is 0 Å². The third-order valence-corrected chi connectivity index (χ3v) is 12.1. The van der Waals surface area contributed by atoms with E-state index in [0.29, 0.717) is 5.69 Å². The summed E-state index contributed by atoms with van der Waals surface area (Å²) >= 11 is 0. The maximum absolute atomic E-state index is 5.68. The van der Waals surface area contributed by atoms with E-state index in [9.17, 15) is 0 Å². The molecule has 5 heteroatoms. The Morgan fingerprint density at radius 2 is 0.742 bits per heavy atom. The number of hydrogen-bond acceptors (Lipinski definition) is 5. The lowest BCUT2D eigenvalue weighted by molar-refractivity contribution is 0.879. The topological polar surface area (TPSA) is 63.4 Å². The zero-order valence-electron chi connectivity index (χ0n) is 33.4. The van der Waals surface area contributed by atoms with Crippen molar-refractivity contribution in [2.45, 2.75) is 0 Å². The highest BCUT2D eigenvalue weighted by Crippen LogP contribution is 2.60. The fraction of sp³-hybridized carbons (Fsp3) is 0. The maximum Gasteiger partial charge on any atom is 0.106 e. The van der Waals surface area contributed by atoms with Gasteiger partial charge in [-0.3, -0.25) is 0 Å². The minimum absolute atomic E-state index is 0.715. The average Bonchev–Trinajstić information content (AvgIpc) is 3.93. The molecule has 2 aliphatic heterocycles. The molecule has 0 spiro atoms. The van der Waals surface area contributed by atoms with E-state index in [2.05, 4.69) is 193 Å². The van der Waals surface area contributed by atoms with E-state index < -0.39 is 0 Å². The van der Waals surface area contributed by atoms with Gasteiger partial charge in [-0.05, 0) is 56.8 Å². The van der Waals surface area contributed by atoms with E-state index >= 15 is 0 Å². The second-order valence-corrected chi connectivity index (χ2v) is 15.6. The van der Waals surface area contributed by atoms with Crippen LogP contribution in [0.15, 0.2) is 222 Å². The normalized spacial score (nSPS) is 11.8. The van der Waals surface area contributed by atoms with Crippen LogP contribution in [0.5, 0.6) is 0 Å². The summed E-state index contributed by atoms with van der Waals surface area (Å²) < 4.78 is 0. The summed E-state index contributed by atoms with van der Waals surface area (Å²) in [5, 5.41) is 18.7. The number of hydrogen-bond donors (Lipinski definition) is 0. The van der Waals surface area contributed by atoms with E-state index in [1.165, 1.54) is 0 Å². The quantitative estimate of drug-likeness (QED) is 0.162. The first-order valence-corrected chi connectivity index (χ1v) is 20.9. The predicted octanol–water partition coefficient (Wildman–Crippen LogP) is 13.0. The number of benzene rings is 9. The van der Waals surface area contributed by atoms with Gasteiger partial charge in [0.25, 0.3) is 0 Å². The van der Waals surface area contributed by atoms with Crippen molar-refractivity contribution in [3.63, 3.8) is 0 Å². The molecule has 5 nitrogen and oxygen atoms in total. The zero-order valence-corrected chi connectivity index (χ0v) is 33.4. The molecule has 2 aliphatic rings. The molecule has 0 bridgehead atoms. The Bertz CT molecular complexity index is 3600. The van der Waals surface area contributed by atoms with Crippen molar-refractivity contribution in [1.29, 1.82) is 0 Å². The first-order chi connectivity index (χ1) is 30.8. The highest BCUT2D eigenvalue weighted by atomic mass is 15.3. The van der Waals surface area contributed by atoms with Gasteiger partial charge < -0.3 is 0 Å². The third-order valence-electron chi connectivity index (χ3n) is 12.1. The van der Waals surface area contributed by atoms with Crippen molar-refractivity contribution in [3.8, 4) is 89.3 Å². The summed E-state index contributed by atoms with van der Waals surface area (Å²) in [5.41, 5.74) is 17.5. The fourth-order valence-electron chi connectivity index (χ4n) is 9.42. The Labute approximate surface area is 358 Å². The number of nitrogens with zero attached hydrogens (tertiary/aromatic N) is 5. The molecule has 3 heterocycles. The average molecular weight is 790 g/mol. The van der Waals surface area contributed by atoms with Crippen LogP contribution < -0.4 is 10.7 Å². The van der Waals surface area contributed by atoms with E-state index in [1.807, 2.05) is 24.3 Å². The van der Waals surface area contributed by atoms with E-state index in [-0.39, 0.29) is 0 Å². The standard InChI is InChI=1S/C57H35N5/c1-6-20-36(21-7-1)41-30-16-17-32-43(41)50-47(37-22-8-2-9-23-37)48(38-24-10-3-11-25-38)56-53(51-46(59-56)35-34-44-42-31-18-19-33-45(42)58-55(44)51)52(50)57-49(39-26-12-4-13-27-39)54(60-62-61-57)40-28-14-5-15-29-40/h1-35H. The van der Waals surface area contributed by atoms with Crippen LogP contribution >= 0.6 is 0 Å². The first-order valence-electron chi connectivity index (χ1n) is 20.9. The van der Waals surface area contributed by atoms with E-state index in [4.69, 9.17) is 20.2 Å². The van der Waals surface area contributed by atoms with Crippen LogP contribution in [0, 0.1) is 10.4 Å². The van der Waals surface area contributed by atoms with Gasteiger partial charge in [0.15, 0.2) is 0 Å². The largest absolute Gasteiger partial charge is 0.247 e. The third kappa shape index (κ3) is 5.67. The van der Waals surface area contributed by atoms with Crippen LogP contribution in [0.4, 0.5) is 11.4 Å². The molecule has 0 saturated heterocycles. The number of para-hydroxylation sites is 1. The molecule has 1 aromatic heterocycles.